The number of allylic oxidation sites excluding steroid dienone is 2. The number of nitrogens with zero attached hydrogens (tertiary/aromatic N) is 4. The maximum absolute atomic E-state index is 14.2. The van der Waals surface area contributed by atoms with Crippen molar-refractivity contribution in [2.75, 3.05) is 0 Å². The number of rotatable bonds is 4. The Balaban J connectivity index is 1.50. The zero-order chi connectivity index (χ0) is 22.0. The first-order valence-corrected chi connectivity index (χ1v) is 9.40. The smallest absolute Gasteiger partial charge is 0.273 e. The van der Waals surface area contributed by atoms with E-state index < -0.39 is 23.7 Å². The van der Waals surface area contributed by atoms with Crippen LogP contribution in [0.15, 0.2) is 60.8 Å². The lowest BCUT2D eigenvalue weighted by molar-refractivity contribution is 0.0934. The molecule has 1 unspecified atom stereocenters. The lowest BCUT2D eigenvalue weighted by Crippen LogP contribution is -2.47. The molecule has 0 fully saturated rings. The van der Waals surface area contributed by atoms with Crippen LogP contribution in [0.5, 0.6) is 0 Å². The van der Waals surface area contributed by atoms with E-state index in [2.05, 4.69) is 25.7 Å². The lowest BCUT2D eigenvalue weighted by atomic mass is 10.1. The summed E-state index contributed by atoms with van der Waals surface area (Å²) in [5, 5.41) is 9.79. The highest BCUT2D eigenvalue weighted by molar-refractivity contribution is 5.92. The van der Waals surface area contributed by atoms with Gasteiger partial charge in [-0.25, -0.2) is 13.8 Å². The summed E-state index contributed by atoms with van der Waals surface area (Å²) < 4.78 is 29.1. The maximum Gasteiger partial charge on any atom is 0.273 e. The fraction of sp³-hybridized carbons (Fsp3) is 0.143. The minimum absolute atomic E-state index is 0.0879. The molecular formula is C21H19F2N7O. The van der Waals surface area contributed by atoms with Crippen molar-refractivity contribution < 1.29 is 13.6 Å². The number of nitrogens with two attached hydrogens (primary N) is 1. The van der Waals surface area contributed by atoms with Gasteiger partial charge < -0.3 is 16.4 Å². The van der Waals surface area contributed by atoms with Gasteiger partial charge in [-0.3, -0.25) is 14.5 Å². The molecule has 4 N–H and O–H groups in total. The fourth-order valence-electron chi connectivity index (χ4n) is 3.10. The second-order valence-corrected chi connectivity index (χ2v) is 6.92. The second kappa shape index (κ2) is 8.34. The zero-order valence-electron chi connectivity index (χ0n) is 16.5. The van der Waals surface area contributed by atoms with E-state index >= 15 is 0 Å². The minimum atomic E-state index is -0.814. The number of carbonyl (C=O) groups is 1. The van der Waals surface area contributed by atoms with Gasteiger partial charge in [-0.05, 0) is 18.6 Å². The summed E-state index contributed by atoms with van der Waals surface area (Å²) in [5.41, 5.74) is 8.41. The summed E-state index contributed by atoms with van der Waals surface area (Å²) in [6.07, 6.45) is 9.26. The first kappa shape index (κ1) is 20.2. The maximum atomic E-state index is 14.2. The number of amides is 1. The van der Waals surface area contributed by atoms with E-state index in [1.807, 2.05) is 0 Å². The molecule has 3 heterocycles. The molecule has 3 aromatic rings. The topological polar surface area (TPSA) is 111 Å². The Hall–Kier alpha value is -4.08. The number of aryl methyl sites for hydroxylation is 1. The molecule has 1 aromatic carbocycles. The second-order valence-electron chi connectivity index (χ2n) is 6.92. The summed E-state index contributed by atoms with van der Waals surface area (Å²) in [6, 6.07) is 3.29. The number of benzene rings is 1. The molecule has 0 saturated heterocycles. The van der Waals surface area contributed by atoms with E-state index in [0.717, 1.165) is 17.7 Å². The van der Waals surface area contributed by atoms with Crippen LogP contribution in [0.3, 0.4) is 0 Å². The molecule has 0 spiro atoms. The van der Waals surface area contributed by atoms with E-state index in [1.165, 1.54) is 18.5 Å². The average molecular weight is 423 g/mol. The molecule has 0 radical (unpaired) electrons. The van der Waals surface area contributed by atoms with Crippen LogP contribution in [-0.4, -0.2) is 31.8 Å². The molecule has 4 rings (SSSR count). The summed E-state index contributed by atoms with van der Waals surface area (Å²) in [5.74, 6) is -1.91. The van der Waals surface area contributed by atoms with Crippen molar-refractivity contribution in [3.8, 4) is 11.3 Å². The molecule has 1 amide bonds. The lowest BCUT2D eigenvalue weighted by Gasteiger charge is -2.22. The molecule has 1 aliphatic heterocycles. The number of nitrogens with one attached hydrogen (secondary N) is 2. The molecule has 1 atom stereocenters. The van der Waals surface area contributed by atoms with Gasteiger partial charge in [0.25, 0.3) is 5.91 Å². The molecule has 31 heavy (non-hydrogen) atoms. The van der Waals surface area contributed by atoms with Crippen LogP contribution in [0.4, 0.5) is 8.78 Å². The van der Waals surface area contributed by atoms with Crippen molar-refractivity contribution in [3.05, 3.63) is 83.7 Å². The molecule has 2 aromatic heterocycles. The summed E-state index contributed by atoms with van der Waals surface area (Å²) >= 11 is 0. The van der Waals surface area contributed by atoms with Crippen LogP contribution in [0.1, 0.15) is 22.5 Å². The first-order chi connectivity index (χ1) is 14.9. The van der Waals surface area contributed by atoms with Gasteiger partial charge in [-0.2, -0.15) is 5.10 Å². The predicted molar refractivity (Wildman–Crippen MR) is 110 cm³/mol. The first-order valence-electron chi connectivity index (χ1n) is 9.40. The van der Waals surface area contributed by atoms with Crippen molar-refractivity contribution >= 4 is 11.6 Å². The van der Waals surface area contributed by atoms with Crippen LogP contribution in [0, 0.1) is 11.6 Å². The van der Waals surface area contributed by atoms with Gasteiger partial charge in [-0.1, -0.05) is 12.2 Å². The zero-order valence-corrected chi connectivity index (χ0v) is 16.5. The molecule has 0 bridgehead atoms. The number of hydrogen-bond acceptors (Lipinski definition) is 6. The minimum Gasteiger partial charge on any atom is -0.399 e. The SMILES string of the molecule is Cn1cc(-c2cnc(C(=O)NC3NC(c4ccc(F)cc4F)=CCC=C3N)cn2)cn1. The van der Waals surface area contributed by atoms with Gasteiger partial charge in [-0.15, -0.1) is 0 Å². The quantitative estimate of drug-likeness (QED) is 0.593. The predicted octanol–water partition coefficient (Wildman–Crippen LogP) is 2.09. The molecular weight excluding hydrogens is 404 g/mol. The molecule has 1 aliphatic rings. The van der Waals surface area contributed by atoms with Gasteiger partial charge in [0, 0.05) is 41.8 Å². The summed E-state index contributed by atoms with van der Waals surface area (Å²) in [4.78, 5) is 21.1. The standard InChI is InChI=1S/C21H19F2N7O/c1-30-11-12(8-27-30)18-9-26-19(10-25-18)21(31)29-20-16(24)3-2-4-17(28-20)14-6-5-13(22)7-15(14)23/h3-11,20,28H,2,24H2,1H3,(H,29,31). The molecule has 158 valence electrons. The number of aromatic nitrogens is 4. The molecule has 0 aliphatic carbocycles. The average Bonchev–Trinajstić information content (AvgIpc) is 3.10. The van der Waals surface area contributed by atoms with Crippen molar-refractivity contribution in [1.29, 1.82) is 0 Å². The Kier molecular flexibility index (Phi) is 5.44. The normalized spacial score (nSPS) is 16.0. The van der Waals surface area contributed by atoms with E-state index in [9.17, 15) is 13.6 Å². The highest BCUT2D eigenvalue weighted by atomic mass is 19.1. The highest BCUT2D eigenvalue weighted by Crippen LogP contribution is 2.21. The third kappa shape index (κ3) is 4.42. The van der Waals surface area contributed by atoms with Crippen molar-refractivity contribution in [2.45, 2.75) is 12.6 Å². The Bertz CT molecular complexity index is 1180. The number of hydrogen-bond donors (Lipinski definition) is 3. The molecule has 10 heteroatoms. The molecule has 0 saturated carbocycles. The van der Waals surface area contributed by atoms with Gasteiger partial charge in [0.1, 0.15) is 23.5 Å². The number of carbonyl (C=O) groups excluding carboxylic acids is 1. The molecule has 8 nitrogen and oxygen atoms in total. The fourth-order valence-corrected chi connectivity index (χ4v) is 3.10. The Morgan fingerprint density at radius 1 is 1.23 bits per heavy atom. The van der Waals surface area contributed by atoms with Gasteiger partial charge >= 0.3 is 0 Å². The van der Waals surface area contributed by atoms with Crippen LogP contribution in [0.25, 0.3) is 17.0 Å². The van der Waals surface area contributed by atoms with E-state index in [0.29, 0.717) is 23.5 Å². The largest absolute Gasteiger partial charge is 0.399 e. The van der Waals surface area contributed by atoms with E-state index in [1.54, 1.807) is 36.3 Å². The van der Waals surface area contributed by atoms with Crippen molar-refractivity contribution in [3.63, 3.8) is 0 Å². The monoisotopic (exact) mass is 423 g/mol. The third-order valence-electron chi connectivity index (χ3n) is 4.69. The van der Waals surface area contributed by atoms with E-state index in [-0.39, 0.29) is 11.3 Å². The van der Waals surface area contributed by atoms with Crippen LogP contribution in [-0.2, 0) is 7.05 Å². The summed E-state index contributed by atoms with van der Waals surface area (Å²) in [6.45, 7) is 0. The Labute approximate surface area is 176 Å². The van der Waals surface area contributed by atoms with Crippen LogP contribution < -0.4 is 16.4 Å². The summed E-state index contributed by atoms with van der Waals surface area (Å²) in [7, 11) is 1.79. The van der Waals surface area contributed by atoms with Gasteiger partial charge in [0.05, 0.1) is 24.3 Å². The Morgan fingerprint density at radius 3 is 2.74 bits per heavy atom. The number of halogens is 2. The van der Waals surface area contributed by atoms with Crippen LogP contribution in [0.2, 0.25) is 0 Å². The van der Waals surface area contributed by atoms with E-state index in [4.69, 9.17) is 5.73 Å². The van der Waals surface area contributed by atoms with Gasteiger partial charge in [0.2, 0.25) is 0 Å². The van der Waals surface area contributed by atoms with Crippen LogP contribution >= 0.6 is 0 Å². The van der Waals surface area contributed by atoms with Crippen molar-refractivity contribution in [1.82, 2.24) is 30.4 Å². The third-order valence-corrected chi connectivity index (χ3v) is 4.69. The van der Waals surface area contributed by atoms with Gasteiger partial charge in [0.15, 0.2) is 0 Å². The Morgan fingerprint density at radius 2 is 2.06 bits per heavy atom. The van der Waals surface area contributed by atoms with Crippen molar-refractivity contribution in [2.24, 2.45) is 12.8 Å². The highest BCUT2D eigenvalue weighted by Gasteiger charge is 2.21.